The quantitative estimate of drug-likeness (QED) is 0.906. The third-order valence-corrected chi connectivity index (χ3v) is 3.51. The second-order valence-corrected chi connectivity index (χ2v) is 5.08. The summed E-state index contributed by atoms with van der Waals surface area (Å²) in [6.45, 7) is 2.06. The van der Waals surface area contributed by atoms with E-state index in [1.807, 2.05) is 17.3 Å². The molecule has 1 atom stereocenters. The molecule has 1 aliphatic rings. The van der Waals surface area contributed by atoms with Gasteiger partial charge in [0.2, 0.25) is 0 Å². The average molecular weight is 280 g/mol. The molecule has 4 nitrogen and oxygen atoms in total. The molecule has 0 aromatic heterocycles. The molecule has 2 aromatic carbocycles. The number of nitrogens with zero attached hydrogens (tertiary/aromatic N) is 1. The largest absolute Gasteiger partial charge is 0.478 e. The number of hydrogen-bond donors (Lipinski definition) is 2. The van der Waals surface area contributed by atoms with Crippen molar-refractivity contribution in [2.24, 2.45) is 0 Å². The van der Waals surface area contributed by atoms with Crippen molar-refractivity contribution in [1.29, 1.82) is 0 Å². The average Bonchev–Trinajstić information content (AvgIpc) is 2.98. The first kappa shape index (κ1) is 13.4. The molecule has 0 bridgehead atoms. The summed E-state index contributed by atoms with van der Waals surface area (Å²) in [5.74, 6) is -0.921. The summed E-state index contributed by atoms with van der Waals surface area (Å²) < 4.78 is 0. The Labute approximate surface area is 123 Å². The lowest BCUT2D eigenvalue weighted by molar-refractivity contribution is 0.0697. The number of anilines is 1. The van der Waals surface area contributed by atoms with Gasteiger partial charge in [-0.15, -0.1) is 0 Å². The molecule has 2 aromatic rings. The molecule has 4 heteroatoms. The Morgan fingerprint density at radius 1 is 1.19 bits per heavy atom. The van der Waals surface area contributed by atoms with E-state index in [2.05, 4.69) is 42.7 Å². The van der Waals surface area contributed by atoms with Crippen molar-refractivity contribution in [2.45, 2.75) is 13.0 Å². The topological polar surface area (TPSA) is 52.6 Å². The van der Waals surface area contributed by atoms with Crippen LogP contribution in [0, 0.1) is 6.92 Å². The summed E-state index contributed by atoms with van der Waals surface area (Å²) in [4.78, 5) is 11.0. The van der Waals surface area contributed by atoms with Crippen LogP contribution in [0.2, 0.25) is 0 Å². The van der Waals surface area contributed by atoms with E-state index in [0.29, 0.717) is 0 Å². The van der Waals surface area contributed by atoms with Gasteiger partial charge in [-0.25, -0.2) is 10.2 Å². The summed E-state index contributed by atoms with van der Waals surface area (Å²) in [6, 6.07) is 15.3. The van der Waals surface area contributed by atoms with Crippen LogP contribution < -0.4 is 10.4 Å². The van der Waals surface area contributed by atoms with Gasteiger partial charge < -0.3 is 5.11 Å². The van der Waals surface area contributed by atoms with E-state index >= 15 is 0 Å². The van der Waals surface area contributed by atoms with Crippen LogP contribution in [0.5, 0.6) is 0 Å². The molecule has 106 valence electrons. The first-order valence-electron chi connectivity index (χ1n) is 6.77. The zero-order valence-electron chi connectivity index (χ0n) is 11.7. The molecule has 1 heterocycles. The standard InChI is InChI=1S/C17H16N2O2/c1-12-5-7-13(8-6-12)16-9-10-19(18-16)15-4-2-3-14(11-15)17(20)21/h2-11,16,18H,1H3,(H,20,21). The van der Waals surface area contributed by atoms with Crippen molar-refractivity contribution in [1.82, 2.24) is 5.43 Å². The van der Waals surface area contributed by atoms with E-state index in [0.717, 1.165) is 5.69 Å². The van der Waals surface area contributed by atoms with Gasteiger partial charge in [-0.05, 0) is 36.8 Å². The molecule has 0 spiro atoms. The minimum atomic E-state index is -0.921. The molecule has 2 N–H and O–H groups in total. The highest BCUT2D eigenvalue weighted by molar-refractivity contribution is 5.88. The maximum absolute atomic E-state index is 11.0. The lowest BCUT2D eigenvalue weighted by atomic mass is 10.1. The Hall–Kier alpha value is -2.59. The number of nitrogens with one attached hydrogen (secondary N) is 1. The van der Waals surface area contributed by atoms with Crippen molar-refractivity contribution < 1.29 is 9.90 Å². The maximum Gasteiger partial charge on any atom is 0.335 e. The van der Waals surface area contributed by atoms with Crippen LogP contribution in [0.4, 0.5) is 5.69 Å². The summed E-state index contributed by atoms with van der Waals surface area (Å²) >= 11 is 0. The Morgan fingerprint density at radius 3 is 2.67 bits per heavy atom. The molecule has 3 rings (SSSR count). The van der Waals surface area contributed by atoms with Gasteiger partial charge in [0, 0.05) is 6.20 Å². The van der Waals surface area contributed by atoms with E-state index < -0.39 is 5.97 Å². The fourth-order valence-corrected chi connectivity index (χ4v) is 2.32. The summed E-state index contributed by atoms with van der Waals surface area (Å²) in [5.41, 5.74) is 6.83. The van der Waals surface area contributed by atoms with Gasteiger partial charge in [0.25, 0.3) is 0 Å². The Balaban J connectivity index is 1.78. The van der Waals surface area contributed by atoms with Gasteiger partial charge in [0.1, 0.15) is 0 Å². The monoisotopic (exact) mass is 280 g/mol. The number of carbonyl (C=O) groups is 1. The molecule has 0 saturated carbocycles. The molecule has 0 fully saturated rings. The highest BCUT2D eigenvalue weighted by Gasteiger charge is 2.18. The van der Waals surface area contributed by atoms with Crippen molar-refractivity contribution >= 4 is 11.7 Å². The number of hydrogen-bond acceptors (Lipinski definition) is 3. The molecule has 0 amide bonds. The predicted octanol–water partition coefficient (Wildman–Crippen LogP) is 3.27. The summed E-state index contributed by atoms with van der Waals surface area (Å²) in [7, 11) is 0. The van der Waals surface area contributed by atoms with Crippen molar-refractivity contribution in [2.75, 3.05) is 5.01 Å². The lowest BCUT2D eigenvalue weighted by Crippen LogP contribution is -2.30. The zero-order chi connectivity index (χ0) is 14.8. The molecule has 1 unspecified atom stereocenters. The molecule has 21 heavy (non-hydrogen) atoms. The van der Waals surface area contributed by atoms with E-state index in [1.165, 1.54) is 11.1 Å². The second-order valence-electron chi connectivity index (χ2n) is 5.08. The zero-order valence-corrected chi connectivity index (χ0v) is 11.7. The van der Waals surface area contributed by atoms with Crippen LogP contribution in [0.25, 0.3) is 0 Å². The highest BCUT2D eigenvalue weighted by atomic mass is 16.4. The van der Waals surface area contributed by atoms with Crippen LogP contribution in [0.3, 0.4) is 0 Å². The third kappa shape index (κ3) is 2.80. The Kier molecular flexibility index (Phi) is 3.46. The number of carboxylic acids is 1. The fourth-order valence-electron chi connectivity index (χ4n) is 2.32. The van der Waals surface area contributed by atoms with Crippen molar-refractivity contribution in [3.8, 4) is 0 Å². The number of aryl methyl sites for hydroxylation is 1. The van der Waals surface area contributed by atoms with Crippen LogP contribution in [-0.4, -0.2) is 11.1 Å². The number of rotatable bonds is 3. The van der Waals surface area contributed by atoms with E-state index in [9.17, 15) is 4.79 Å². The Morgan fingerprint density at radius 2 is 1.95 bits per heavy atom. The molecular formula is C17H16N2O2. The van der Waals surface area contributed by atoms with Crippen LogP contribution in [0.1, 0.15) is 27.5 Å². The van der Waals surface area contributed by atoms with Gasteiger partial charge >= 0.3 is 5.97 Å². The molecule has 0 aliphatic carbocycles. The Bertz CT molecular complexity index is 692. The first-order chi connectivity index (χ1) is 10.1. The smallest absolute Gasteiger partial charge is 0.335 e. The number of aromatic carboxylic acids is 1. The van der Waals surface area contributed by atoms with Gasteiger partial charge in [-0.3, -0.25) is 5.01 Å². The number of benzene rings is 2. The molecule has 1 aliphatic heterocycles. The van der Waals surface area contributed by atoms with Crippen LogP contribution >= 0.6 is 0 Å². The van der Waals surface area contributed by atoms with E-state index in [-0.39, 0.29) is 11.6 Å². The van der Waals surface area contributed by atoms with Gasteiger partial charge in [0.15, 0.2) is 0 Å². The molecular weight excluding hydrogens is 264 g/mol. The van der Waals surface area contributed by atoms with Gasteiger partial charge in [-0.1, -0.05) is 35.9 Å². The second kappa shape index (κ2) is 5.42. The fraction of sp³-hybridized carbons (Fsp3) is 0.118. The first-order valence-corrected chi connectivity index (χ1v) is 6.77. The van der Waals surface area contributed by atoms with Crippen LogP contribution in [0.15, 0.2) is 60.8 Å². The van der Waals surface area contributed by atoms with Crippen molar-refractivity contribution in [3.63, 3.8) is 0 Å². The number of hydrazine groups is 1. The highest BCUT2D eigenvalue weighted by Crippen LogP contribution is 2.25. The predicted molar refractivity (Wildman–Crippen MR) is 82.1 cm³/mol. The SMILES string of the molecule is Cc1ccc(C2C=CN(c3cccc(C(=O)O)c3)N2)cc1. The van der Waals surface area contributed by atoms with Crippen LogP contribution in [-0.2, 0) is 0 Å². The van der Waals surface area contributed by atoms with Crippen molar-refractivity contribution in [3.05, 3.63) is 77.5 Å². The summed E-state index contributed by atoms with van der Waals surface area (Å²) in [5, 5.41) is 10.9. The summed E-state index contributed by atoms with van der Waals surface area (Å²) in [6.07, 6.45) is 3.98. The van der Waals surface area contributed by atoms with Gasteiger partial charge in [-0.2, -0.15) is 0 Å². The minimum Gasteiger partial charge on any atom is -0.478 e. The normalized spacial score (nSPS) is 17.2. The van der Waals surface area contributed by atoms with E-state index in [4.69, 9.17) is 5.11 Å². The third-order valence-electron chi connectivity index (χ3n) is 3.51. The number of carboxylic acid groups (broad SMARTS) is 1. The van der Waals surface area contributed by atoms with Gasteiger partial charge in [0.05, 0.1) is 17.3 Å². The maximum atomic E-state index is 11.0. The van der Waals surface area contributed by atoms with E-state index in [1.54, 1.807) is 18.2 Å². The lowest BCUT2D eigenvalue weighted by Gasteiger charge is -2.20. The minimum absolute atomic E-state index is 0.0964. The molecule has 0 saturated heterocycles. The molecule has 0 radical (unpaired) electrons.